The van der Waals surface area contributed by atoms with E-state index in [0.717, 1.165) is 12.5 Å². The maximum Gasteiger partial charge on any atom is 0.416 e. The first kappa shape index (κ1) is 10.3. The van der Waals surface area contributed by atoms with Crippen LogP contribution < -0.4 is 5.73 Å². The van der Waals surface area contributed by atoms with E-state index in [2.05, 4.69) is 0 Å². The molecule has 0 spiro atoms. The van der Waals surface area contributed by atoms with Gasteiger partial charge in [0, 0.05) is 0 Å². The molecule has 1 nitrogen and oxygen atoms in total. The lowest BCUT2D eigenvalue weighted by Gasteiger charge is -2.16. The molecule has 0 aliphatic heterocycles. The van der Waals surface area contributed by atoms with E-state index in [1.807, 2.05) is 0 Å². The van der Waals surface area contributed by atoms with Crippen LogP contribution in [-0.4, -0.2) is 12.7 Å². The third-order valence-corrected chi connectivity index (χ3v) is 2.05. The predicted octanol–water partition coefficient (Wildman–Crippen LogP) is 2.40. The molecule has 1 rings (SSSR count). The molecule has 74 valence electrons. The number of nitrogens with two attached hydrogens (primary N) is 1. The standard InChI is InChI=1S/C9H12F3N/c10-9(11,12)8-3-1-7(2-4-8)5-6-13/h1,3-4,7H,2,5-6,13H2. The summed E-state index contributed by atoms with van der Waals surface area (Å²) in [5.41, 5.74) is 4.76. The summed E-state index contributed by atoms with van der Waals surface area (Å²) in [6, 6.07) is 0. The molecule has 0 amide bonds. The number of hydrogen-bond donors (Lipinski definition) is 1. The monoisotopic (exact) mass is 191 g/mol. The summed E-state index contributed by atoms with van der Waals surface area (Å²) in [6.07, 6.45) is 0.963. The van der Waals surface area contributed by atoms with Crippen LogP contribution in [0, 0.1) is 5.92 Å². The zero-order chi connectivity index (χ0) is 9.90. The highest BCUT2D eigenvalue weighted by molar-refractivity contribution is 5.27. The average molecular weight is 191 g/mol. The van der Waals surface area contributed by atoms with Crippen LogP contribution in [0.2, 0.25) is 0 Å². The molecule has 1 unspecified atom stereocenters. The Kier molecular flexibility index (Phi) is 3.14. The molecule has 0 fully saturated rings. The normalized spacial score (nSPS) is 23.1. The molecule has 0 aromatic carbocycles. The number of hydrogen-bond acceptors (Lipinski definition) is 1. The Morgan fingerprint density at radius 2 is 2.15 bits per heavy atom. The summed E-state index contributed by atoms with van der Waals surface area (Å²) >= 11 is 0. The first-order chi connectivity index (χ1) is 6.04. The van der Waals surface area contributed by atoms with E-state index in [1.54, 1.807) is 6.08 Å². The molecular weight excluding hydrogens is 179 g/mol. The van der Waals surface area contributed by atoms with Gasteiger partial charge in [-0.25, -0.2) is 0 Å². The van der Waals surface area contributed by atoms with Crippen LogP contribution in [0.3, 0.4) is 0 Å². The van der Waals surface area contributed by atoms with Crippen molar-refractivity contribution < 1.29 is 13.2 Å². The zero-order valence-electron chi connectivity index (χ0n) is 7.14. The van der Waals surface area contributed by atoms with Gasteiger partial charge < -0.3 is 5.73 Å². The minimum absolute atomic E-state index is 0.177. The van der Waals surface area contributed by atoms with Crippen LogP contribution in [0.25, 0.3) is 0 Å². The third kappa shape index (κ3) is 2.88. The molecule has 13 heavy (non-hydrogen) atoms. The second-order valence-electron chi connectivity index (χ2n) is 3.09. The number of allylic oxidation sites excluding steroid dienone is 4. The van der Waals surface area contributed by atoms with E-state index in [4.69, 9.17) is 5.73 Å². The Labute approximate surface area is 75.1 Å². The Morgan fingerprint density at radius 1 is 1.46 bits per heavy atom. The van der Waals surface area contributed by atoms with E-state index in [-0.39, 0.29) is 5.92 Å². The van der Waals surface area contributed by atoms with Gasteiger partial charge in [0.2, 0.25) is 0 Å². The second-order valence-corrected chi connectivity index (χ2v) is 3.09. The molecule has 1 aliphatic carbocycles. The number of rotatable bonds is 2. The molecule has 0 heterocycles. The molecule has 1 aliphatic rings. The fraction of sp³-hybridized carbons (Fsp3) is 0.556. The van der Waals surface area contributed by atoms with Gasteiger partial charge in [-0.1, -0.05) is 18.2 Å². The van der Waals surface area contributed by atoms with Crippen LogP contribution in [0.15, 0.2) is 23.8 Å². The smallest absolute Gasteiger partial charge is 0.330 e. The summed E-state index contributed by atoms with van der Waals surface area (Å²) < 4.78 is 36.3. The van der Waals surface area contributed by atoms with E-state index >= 15 is 0 Å². The van der Waals surface area contributed by atoms with Gasteiger partial charge in [-0.05, 0) is 25.3 Å². The Bertz CT molecular complexity index is 228. The van der Waals surface area contributed by atoms with Crippen molar-refractivity contribution in [1.29, 1.82) is 0 Å². The SMILES string of the molecule is NCCC1C=CC(C(F)(F)F)=CC1. The third-order valence-electron chi connectivity index (χ3n) is 2.05. The van der Waals surface area contributed by atoms with E-state index in [9.17, 15) is 13.2 Å². The molecule has 0 saturated heterocycles. The van der Waals surface area contributed by atoms with Crippen LogP contribution in [0.4, 0.5) is 13.2 Å². The van der Waals surface area contributed by atoms with Crippen molar-refractivity contribution in [3.63, 3.8) is 0 Å². The minimum atomic E-state index is -4.20. The lowest BCUT2D eigenvalue weighted by molar-refractivity contribution is -0.0887. The van der Waals surface area contributed by atoms with Crippen molar-refractivity contribution in [2.45, 2.75) is 19.0 Å². The molecule has 2 N–H and O–H groups in total. The molecule has 4 heteroatoms. The topological polar surface area (TPSA) is 26.0 Å². The van der Waals surface area contributed by atoms with Gasteiger partial charge >= 0.3 is 6.18 Å². The van der Waals surface area contributed by atoms with Gasteiger partial charge in [0.1, 0.15) is 0 Å². The molecule has 0 aromatic rings. The van der Waals surface area contributed by atoms with Gasteiger partial charge in [0.05, 0.1) is 5.57 Å². The van der Waals surface area contributed by atoms with Crippen molar-refractivity contribution in [1.82, 2.24) is 0 Å². The summed E-state index contributed by atoms with van der Waals surface area (Å²) in [6.45, 7) is 0.518. The summed E-state index contributed by atoms with van der Waals surface area (Å²) in [5, 5.41) is 0. The van der Waals surface area contributed by atoms with Gasteiger partial charge in [-0.3, -0.25) is 0 Å². The van der Waals surface area contributed by atoms with Crippen LogP contribution in [0.1, 0.15) is 12.8 Å². The highest BCUT2D eigenvalue weighted by atomic mass is 19.4. The second kappa shape index (κ2) is 3.96. The average Bonchev–Trinajstić information content (AvgIpc) is 2.04. The summed E-state index contributed by atoms with van der Waals surface area (Å²) in [7, 11) is 0. The van der Waals surface area contributed by atoms with Gasteiger partial charge in [-0.2, -0.15) is 13.2 Å². The Balaban J connectivity index is 2.55. The first-order valence-corrected chi connectivity index (χ1v) is 4.19. The fourth-order valence-corrected chi connectivity index (χ4v) is 1.30. The van der Waals surface area contributed by atoms with Gasteiger partial charge in [0.15, 0.2) is 0 Å². The van der Waals surface area contributed by atoms with Crippen molar-refractivity contribution in [3.05, 3.63) is 23.8 Å². The lowest BCUT2D eigenvalue weighted by atomic mass is 9.94. The van der Waals surface area contributed by atoms with Gasteiger partial charge in [0.25, 0.3) is 0 Å². The van der Waals surface area contributed by atoms with E-state index in [0.29, 0.717) is 13.0 Å². The molecular formula is C9H12F3N. The quantitative estimate of drug-likeness (QED) is 0.712. The molecule has 1 atom stereocenters. The molecule has 0 bridgehead atoms. The van der Waals surface area contributed by atoms with Gasteiger partial charge in [-0.15, -0.1) is 0 Å². The Morgan fingerprint density at radius 3 is 2.54 bits per heavy atom. The maximum absolute atomic E-state index is 12.1. The molecule has 0 radical (unpaired) electrons. The van der Waals surface area contributed by atoms with Crippen LogP contribution in [0.5, 0.6) is 0 Å². The lowest BCUT2D eigenvalue weighted by Crippen LogP contribution is -2.14. The highest BCUT2D eigenvalue weighted by Crippen LogP contribution is 2.31. The Hall–Kier alpha value is -0.770. The first-order valence-electron chi connectivity index (χ1n) is 4.19. The predicted molar refractivity (Wildman–Crippen MR) is 45.1 cm³/mol. The number of halogens is 3. The summed E-state index contributed by atoms with van der Waals surface area (Å²) in [5.74, 6) is 0.177. The van der Waals surface area contributed by atoms with Crippen LogP contribution >= 0.6 is 0 Å². The van der Waals surface area contributed by atoms with Crippen molar-refractivity contribution in [2.75, 3.05) is 6.54 Å². The number of alkyl halides is 3. The van der Waals surface area contributed by atoms with Crippen molar-refractivity contribution in [2.24, 2.45) is 11.7 Å². The van der Waals surface area contributed by atoms with Crippen LogP contribution in [-0.2, 0) is 0 Å². The molecule has 0 saturated carbocycles. The molecule has 0 aromatic heterocycles. The highest BCUT2D eigenvalue weighted by Gasteiger charge is 2.32. The van der Waals surface area contributed by atoms with E-state index < -0.39 is 11.7 Å². The largest absolute Gasteiger partial charge is 0.416 e. The zero-order valence-corrected chi connectivity index (χ0v) is 7.14. The fourth-order valence-electron chi connectivity index (χ4n) is 1.30. The summed E-state index contributed by atoms with van der Waals surface area (Å²) in [4.78, 5) is 0. The van der Waals surface area contributed by atoms with Crippen molar-refractivity contribution >= 4 is 0 Å². The minimum Gasteiger partial charge on any atom is -0.330 e. The van der Waals surface area contributed by atoms with Crippen molar-refractivity contribution in [3.8, 4) is 0 Å². The maximum atomic E-state index is 12.1. The van der Waals surface area contributed by atoms with E-state index in [1.165, 1.54) is 6.08 Å².